The van der Waals surface area contributed by atoms with E-state index in [0.29, 0.717) is 22.8 Å². The molecule has 0 amide bonds. The minimum atomic E-state index is -3.04. The van der Waals surface area contributed by atoms with Gasteiger partial charge in [-0.1, -0.05) is 55.9 Å². The van der Waals surface area contributed by atoms with Gasteiger partial charge in [-0.25, -0.2) is 13.4 Å². The van der Waals surface area contributed by atoms with Crippen LogP contribution in [0.15, 0.2) is 46.3 Å². The largest absolute Gasteiger partial charge is 0.287 e. The lowest BCUT2D eigenvalue weighted by atomic mass is 10.1. The summed E-state index contributed by atoms with van der Waals surface area (Å²) in [6, 6.07) is 11.9. The molecule has 2 aromatic heterocycles. The fourth-order valence-corrected chi connectivity index (χ4v) is 6.14. The topological polar surface area (TPSA) is 69.0 Å². The van der Waals surface area contributed by atoms with Crippen molar-refractivity contribution in [3.63, 3.8) is 0 Å². The maximum Gasteiger partial charge on any atom is 0.262 e. The summed E-state index contributed by atoms with van der Waals surface area (Å²) in [5.41, 5.74) is 1.11. The van der Waals surface area contributed by atoms with Crippen molar-refractivity contribution >= 4 is 43.2 Å². The second-order valence-corrected chi connectivity index (χ2v) is 11.1. The Bertz CT molecular complexity index is 1100. The van der Waals surface area contributed by atoms with Gasteiger partial charge in [0.15, 0.2) is 15.0 Å². The number of hydrogen-bond acceptors (Lipinski definition) is 6. The molecule has 0 saturated carbocycles. The van der Waals surface area contributed by atoms with Gasteiger partial charge in [0.1, 0.15) is 4.83 Å². The molecule has 0 unspecified atom stereocenters. The quantitative estimate of drug-likeness (QED) is 0.377. The fraction of sp³-hybridized carbons (Fsp3) is 0.400. The molecule has 5 nitrogen and oxygen atoms in total. The Balaban J connectivity index is 1.92. The molecule has 0 aliphatic heterocycles. The van der Waals surface area contributed by atoms with Gasteiger partial charge in [0.2, 0.25) is 0 Å². The summed E-state index contributed by atoms with van der Waals surface area (Å²) in [6.45, 7) is 4.23. The van der Waals surface area contributed by atoms with Crippen molar-refractivity contribution in [2.75, 3.05) is 17.3 Å². The highest BCUT2D eigenvalue weighted by Crippen LogP contribution is 2.25. The maximum atomic E-state index is 13.1. The summed E-state index contributed by atoms with van der Waals surface area (Å²) in [7, 11) is -3.04. The van der Waals surface area contributed by atoms with E-state index in [1.54, 1.807) is 11.5 Å². The van der Waals surface area contributed by atoms with E-state index < -0.39 is 9.84 Å². The van der Waals surface area contributed by atoms with Crippen LogP contribution in [0, 0.1) is 0 Å². The Morgan fingerprint density at radius 1 is 1.18 bits per heavy atom. The van der Waals surface area contributed by atoms with Gasteiger partial charge in [-0.15, -0.1) is 11.3 Å². The molecule has 0 fully saturated rings. The lowest BCUT2D eigenvalue weighted by Gasteiger charge is -2.12. The molecule has 3 rings (SSSR count). The van der Waals surface area contributed by atoms with E-state index in [4.69, 9.17) is 4.98 Å². The molecule has 8 heteroatoms. The van der Waals surface area contributed by atoms with E-state index in [1.165, 1.54) is 23.1 Å². The lowest BCUT2D eigenvalue weighted by Crippen LogP contribution is -2.24. The first-order chi connectivity index (χ1) is 13.4. The number of fused-ring (bicyclic) bond motifs is 1. The molecule has 3 aromatic rings. The third-order valence-electron chi connectivity index (χ3n) is 4.55. The van der Waals surface area contributed by atoms with Crippen LogP contribution in [-0.2, 0) is 29.2 Å². The summed E-state index contributed by atoms with van der Waals surface area (Å²) in [5, 5.41) is 1.25. The molecule has 150 valence electrons. The first-order valence-corrected chi connectivity index (χ1v) is 13.0. The molecule has 0 aliphatic rings. The number of nitrogens with zero attached hydrogens (tertiary/aromatic N) is 2. The zero-order chi connectivity index (χ0) is 20.1. The number of thioether (sulfide) groups is 1. The number of benzene rings is 1. The molecule has 28 heavy (non-hydrogen) atoms. The first-order valence-electron chi connectivity index (χ1n) is 9.34. The minimum absolute atomic E-state index is 0.0438. The van der Waals surface area contributed by atoms with Crippen LogP contribution in [-0.4, -0.2) is 35.2 Å². The number of sulfone groups is 1. The summed E-state index contributed by atoms with van der Waals surface area (Å²) in [5.74, 6) is 0.614. The Labute approximate surface area is 173 Å². The zero-order valence-corrected chi connectivity index (χ0v) is 18.5. The number of rotatable bonds is 9. The van der Waals surface area contributed by atoms with Gasteiger partial charge in [0.05, 0.1) is 11.1 Å². The molecule has 0 saturated heterocycles. The summed E-state index contributed by atoms with van der Waals surface area (Å²) in [4.78, 5) is 19.7. The molecule has 0 N–H and O–H groups in total. The molecule has 0 atom stereocenters. The van der Waals surface area contributed by atoms with Crippen LogP contribution in [0.1, 0.15) is 24.3 Å². The minimum Gasteiger partial charge on any atom is -0.287 e. The molecule has 1 aromatic carbocycles. The molecule has 0 spiro atoms. The predicted molar refractivity (Wildman–Crippen MR) is 118 cm³/mol. The van der Waals surface area contributed by atoms with Crippen LogP contribution in [0.4, 0.5) is 0 Å². The van der Waals surface area contributed by atoms with Gasteiger partial charge < -0.3 is 0 Å². The number of hydrogen-bond donors (Lipinski definition) is 0. The van der Waals surface area contributed by atoms with E-state index in [9.17, 15) is 13.2 Å². The van der Waals surface area contributed by atoms with Crippen LogP contribution in [0.2, 0.25) is 0 Å². The van der Waals surface area contributed by atoms with Gasteiger partial charge in [-0.05, 0) is 24.5 Å². The average molecular weight is 437 g/mol. The van der Waals surface area contributed by atoms with Gasteiger partial charge in [0.25, 0.3) is 5.56 Å². The SMILES string of the molecule is CCc1cc2c(=O)n(CCc3ccccc3)c(SCCS(=O)(=O)CC)nc2s1. The van der Waals surface area contributed by atoms with Gasteiger partial charge in [0, 0.05) is 22.9 Å². The van der Waals surface area contributed by atoms with E-state index in [0.717, 1.165) is 28.1 Å². The highest BCUT2D eigenvalue weighted by Gasteiger charge is 2.16. The second kappa shape index (κ2) is 9.24. The maximum absolute atomic E-state index is 13.1. The smallest absolute Gasteiger partial charge is 0.262 e. The highest BCUT2D eigenvalue weighted by molar-refractivity contribution is 8.00. The third-order valence-corrected chi connectivity index (χ3v) is 8.66. The van der Waals surface area contributed by atoms with Crippen molar-refractivity contribution in [2.45, 2.75) is 38.4 Å². The molecule has 0 radical (unpaired) electrons. The average Bonchev–Trinajstić information content (AvgIpc) is 3.12. The Hall–Kier alpha value is -1.64. The third kappa shape index (κ3) is 5.04. The van der Waals surface area contributed by atoms with Crippen molar-refractivity contribution in [3.05, 3.63) is 57.2 Å². The monoisotopic (exact) mass is 436 g/mol. The molecular weight excluding hydrogens is 412 g/mol. The number of thiophene rings is 1. The molecule has 2 heterocycles. The van der Waals surface area contributed by atoms with Crippen molar-refractivity contribution < 1.29 is 8.42 Å². The molecular formula is C20H24N2O3S3. The zero-order valence-electron chi connectivity index (χ0n) is 16.1. The van der Waals surface area contributed by atoms with Crippen LogP contribution < -0.4 is 5.56 Å². The number of aryl methyl sites for hydroxylation is 2. The Kier molecular flexibility index (Phi) is 6.95. The Morgan fingerprint density at radius 2 is 1.93 bits per heavy atom. The van der Waals surface area contributed by atoms with Crippen LogP contribution in [0.25, 0.3) is 10.2 Å². The predicted octanol–water partition coefficient (Wildman–Crippen LogP) is 3.79. The van der Waals surface area contributed by atoms with Crippen molar-refractivity contribution in [1.82, 2.24) is 9.55 Å². The lowest BCUT2D eigenvalue weighted by molar-refractivity contribution is 0.595. The van der Waals surface area contributed by atoms with Crippen LogP contribution in [0.5, 0.6) is 0 Å². The van der Waals surface area contributed by atoms with E-state index in [-0.39, 0.29) is 17.1 Å². The van der Waals surface area contributed by atoms with Gasteiger partial charge >= 0.3 is 0 Å². The van der Waals surface area contributed by atoms with E-state index in [1.807, 2.05) is 36.4 Å². The second-order valence-electron chi connectivity index (χ2n) is 6.46. The standard InChI is InChI=1S/C20H24N2O3S3/c1-3-16-14-17-18(27-16)21-20(26-12-13-28(24,25)4-2)22(19(17)23)11-10-15-8-6-5-7-9-15/h5-9,14H,3-4,10-13H2,1-2H3. The van der Waals surface area contributed by atoms with Crippen LogP contribution in [0.3, 0.4) is 0 Å². The van der Waals surface area contributed by atoms with Crippen molar-refractivity contribution in [2.24, 2.45) is 0 Å². The molecule has 0 aliphatic carbocycles. The summed E-state index contributed by atoms with van der Waals surface area (Å²) in [6.07, 6.45) is 1.58. The van der Waals surface area contributed by atoms with Gasteiger partial charge in [-0.2, -0.15) is 0 Å². The summed E-state index contributed by atoms with van der Waals surface area (Å²) < 4.78 is 25.3. The number of aromatic nitrogens is 2. The molecule has 0 bridgehead atoms. The van der Waals surface area contributed by atoms with E-state index >= 15 is 0 Å². The van der Waals surface area contributed by atoms with Gasteiger partial charge in [-0.3, -0.25) is 9.36 Å². The first kappa shape index (κ1) is 21.1. The van der Waals surface area contributed by atoms with Crippen molar-refractivity contribution in [3.8, 4) is 0 Å². The summed E-state index contributed by atoms with van der Waals surface area (Å²) >= 11 is 2.89. The van der Waals surface area contributed by atoms with E-state index in [2.05, 4.69) is 6.92 Å². The fourth-order valence-electron chi connectivity index (χ4n) is 2.82. The highest BCUT2D eigenvalue weighted by atomic mass is 32.2. The van der Waals surface area contributed by atoms with Crippen LogP contribution >= 0.6 is 23.1 Å². The van der Waals surface area contributed by atoms with Crippen molar-refractivity contribution in [1.29, 1.82) is 0 Å². The normalized spacial score (nSPS) is 11.9. The Morgan fingerprint density at radius 3 is 2.61 bits per heavy atom.